The van der Waals surface area contributed by atoms with E-state index in [1.54, 1.807) is 94.4 Å². The van der Waals surface area contributed by atoms with E-state index in [9.17, 15) is 9.59 Å². The molecule has 0 N–H and O–H groups in total. The molecular weight excluding hydrogens is 505 g/mol. The van der Waals surface area contributed by atoms with E-state index in [0.717, 1.165) is 0 Å². The second-order valence-corrected chi connectivity index (χ2v) is 9.78. The summed E-state index contributed by atoms with van der Waals surface area (Å²) in [5, 5.41) is 1.13. The average Bonchev–Trinajstić information content (AvgIpc) is 2.83. The van der Waals surface area contributed by atoms with Crippen LogP contribution in [0.15, 0.2) is 66.7 Å². The van der Waals surface area contributed by atoms with Crippen LogP contribution >= 0.6 is 23.2 Å². The molecule has 0 saturated heterocycles. The van der Waals surface area contributed by atoms with Crippen LogP contribution in [0.3, 0.4) is 0 Å². The highest BCUT2D eigenvalue weighted by Crippen LogP contribution is 2.23. The van der Waals surface area contributed by atoms with Gasteiger partial charge < -0.3 is 18.9 Å². The first-order chi connectivity index (χ1) is 16.9. The van der Waals surface area contributed by atoms with Crippen LogP contribution in [0.1, 0.15) is 39.1 Å². The number of aromatic nitrogens is 1. The Morgan fingerprint density at radius 3 is 1.39 bits per heavy atom. The Morgan fingerprint density at radius 1 is 0.667 bits per heavy atom. The molecule has 3 rings (SSSR count). The standard InChI is InChI=1S/C27H27Cl2NO6/c1-26(2,35-22-12-8-18(28)9-13-22)24(31)33-16-20-6-5-7-21(30-20)17-34-25(32)27(3,4)36-23-14-10-19(29)11-15-23/h5-15H,16-17H2,1-4H3. The van der Waals surface area contributed by atoms with Crippen LogP contribution in [0.5, 0.6) is 11.5 Å². The SMILES string of the molecule is CC(C)(Oc1ccc(Cl)cc1)C(=O)OCc1cccc(COC(=O)C(C)(C)Oc2ccc(Cl)cc2)n1. The highest BCUT2D eigenvalue weighted by molar-refractivity contribution is 6.30. The molecule has 0 aliphatic carbocycles. The zero-order valence-electron chi connectivity index (χ0n) is 20.4. The van der Waals surface area contributed by atoms with Crippen LogP contribution in [0.25, 0.3) is 0 Å². The minimum Gasteiger partial charge on any atom is -0.476 e. The fourth-order valence-electron chi connectivity index (χ4n) is 2.99. The minimum atomic E-state index is -1.23. The van der Waals surface area contributed by atoms with Gasteiger partial charge in [-0.25, -0.2) is 9.59 Å². The number of esters is 2. The number of hydrogen-bond acceptors (Lipinski definition) is 7. The van der Waals surface area contributed by atoms with Crippen LogP contribution in [0.4, 0.5) is 0 Å². The van der Waals surface area contributed by atoms with Gasteiger partial charge in [-0.3, -0.25) is 4.98 Å². The summed E-state index contributed by atoms with van der Waals surface area (Å²) in [5.41, 5.74) is -1.46. The molecule has 3 aromatic rings. The molecule has 1 aromatic heterocycles. The zero-order chi connectivity index (χ0) is 26.3. The van der Waals surface area contributed by atoms with Gasteiger partial charge in [-0.1, -0.05) is 29.3 Å². The third kappa shape index (κ3) is 7.86. The van der Waals surface area contributed by atoms with Crippen molar-refractivity contribution >= 4 is 35.1 Å². The largest absolute Gasteiger partial charge is 0.476 e. The Morgan fingerprint density at radius 2 is 1.03 bits per heavy atom. The van der Waals surface area contributed by atoms with Crippen molar-refractivity contribution in [1.29, 1.82) is 0 Å². The van der Waals surface area contributed by atoms with E-state index in [2.05, 4.69) is 4.98 Å². The molecule has 9 heteroatoms. The first-order valence-electron chi connectivity index (χ1n) is 11.1. The molecule has 0 fully saturated rings. The molecule has 2 aromatic carbocycles. The van der Waals surface area contributed by atoms with E-state index >= 15 is 0 Å². The summed E-state index contributed by atoms with van der Waals surface area (Å²) >= 11 is 11.8. The van der Waals surface area contributed by atoms with E-state index in [4.69, 9.17) is 42.1 Å². The van der Waals surface area contributed by atoms with Gasteiger partial charge in [-0.05, 0) is 88.4 Å². The van der Waals surface area contributed by atoms with Crippen molar-refractivity contribution in [2.45, 2.75) is 52.1 Å². The molecule has 0 aliphatic heterocycles. The topological polar surface area (TPSA) is 84.0 Å². The lowest BCUT2D eigenvalue weighted by molar-refractivity contribution is -0.161. The fraction of sp³-hybridized carbons (Fsp3) is 0.296. The first-order valence-corrected chi connectivity index (χ1v) is 11.9. The van der Waals surface area contributed by atoms with E-state index in [1.807, 2.05) is 0 Å². The van der Waals surface area contributed by atoms with Gasteiger partial charge in [-0.2, -0.15) is 0 Å². The van der Waals surface area contributed by atoms with Crippen LogP contribution in [-0.2, 0) is 32.3 Å². The average molecular weight is 532 g/mol. The molecule has 0 saturated carbocycles. The van der Waals surface area contributed by atoms with Crippen molar-refractivity contribution in [3.05, 3.63) is 88.2 Å². The summed E-state index contributed by atoms with van der Waals surface area (Å²) in [6.45, 7) is 6.31. The molecule has 0 atom stereocenters. The van der Waals surface area contributed by atoms with Crippen LogP contribution in [0.2, 0.25) is 10.0 Å². The van der Waals surface area contributed by atoms with Gasteiger partial charge in [0.2, 0.25) is 0 Å². The second-order valence-electron chi connectivity index (χ2n) is 8.91. The maximum Gasteiger partial charge on any atom is 0.350 e. The van der Waals surface area contributed by atoms with Crippen molar-refractivity contribution in [2.75, 3.05) is 0 Å². The van der Waals surface area contributed by atoms with E-state index in [1.165, 1.54) is 0 Å². The van der Waals surface area contributed by atoms with Gasteiger partial charge >= 0.3 is 11.9 Å². The molecule has 0 unspecified atom stereocenters. The zero-order valence-corrected chi connectivity index (χ0v) is 21.9. The van der Waals surface area contributed by atoms with Crippen LogP contribution < -0.4 is 9.47 Å². The minimum absolute atomic E-state index is 0.0702. The first kappa shape index (κ1) is 27.3. The third-order valence-electron chi connectivity index (χ3n) is 4.92. The van der Waals surface area contributed by atoms with Crippen LogP contribution in [-0.4, -0.2) is 28.1 Å². The normalized spacial score (nSPS) is 11.5. The fourth-order valence-corrected chi connectivity index (χ4v) is 3.25. The Kier molecular flexibility index (Phi) is 8.82. The monoisotopic (exact) mass is 531 g/mol. The van der Waals surface area contributed by atoms with Crippen molar-refractivity contribution < 1.29 is 28.5 Å². The van der Waals surface area contributed by atoms with E-state index < -0.39 is 23.1 Å². The van der Waals surface area contributed by atoms with E-state index in [0.29, 0.717) is 32.9 Å². The number of halogens is 2. The summed E-state index contributed by atoms with van der Waals surface area (Å²) in [6, 6.07) is 18.5. The summed E-state index contributed by atoms with van der Waals surface area (Å²) in [5.74, 6) is -0.133. The molecule has 0 amide bonds. The molecule has 0 bridgehead atoms. The Hall–Kier alpha value is -3.29. The number of hydrogen-bond donors (Lipinski definition) is 0. The summed E-state index contributed by atoms with van der Waals surface area (Å²) in [7, 11) is 0. The number of nitrogens with zero attached hydrogens (tertiary/aromatic N) is 1. The summed E-state index contributed by atoms with van der Waals surface area (Å²) < 4.78 is 22.3. The molecule has 0 spiro atoms. The van der Waals surface area contributed by atoms with Gasteiger partial charge in [-0.15, -0.1) is 0 Å². The highest BCUT2D eigenvalue weighted by atomic mass is 35.5. The molecule has 190 valence electrons. The number of benzene rings is 2. The molecule has 1 heterocycles. The van der Waals surface area contributed by atoms with Gasteiger partial charge in [0.15, 0.2) is 11.2 Å². The van der Waals surface area contributed by atoms with Gasteiger partial charge in [0.25, 0.3) is 0 Å². The number of carbonyl (C=O) groups excluding carboxylic acids is 2. The molecule has 7 nitrogen and oxygen atoms in total. The molecule has 36 heavy (non-hydrogen) atoms. The number of carbonyl (C=O) groups is 2. The smallest absolute Gasteiger partial charge is 0.350 e. The lowest BCUT2D eigenvalue weighted by Gasteiger charge is -2.24. The number of pyridine rings is 1. The molecular formula is C27H27Cl2NO6. The molecule has 0 aliphatic rings. The molecule has 0 radical (unpaired) electrons. The van der Waals surface area contributed by atoms with Crippen molar-refractivity contribution in [2.24, 2.45) is 0 Å². The third-order valence-corrected chi connectivity index (χ3v) is 5.43. The lowest BCUT2D eigenvalue weighted by atomic mass is 10.1. The van der Waals surface area contributed by atoms with Gasteiger partial charge in [0, 0.05) is 10.0 Å². The predicted molar refractivity (Wildman–Crippen MR) is 136 cm³/mol. The number of ether oxygens (including phenoxy) is 4. The lowest BCUT2D eigenvalue weighted by Crippen LogP contribution is -2.39. The highest BCUT2D eigenvalue weighted by Gasteiger charge is 2.33. The number of rotatable bonds is 10. The van der Waals surface area contributed by atoms with Gasteiger partial charge in [0.1, 0.15) is 24.7 Å². The maximum absolute atomic E-state index is 12.6. The second kappa shape index (κ2) is 11.6. The van der Waals surface area contributed by atoms with Crippen molar-refractivity contribution in [1.82, 2.24) is 4.98 Å². The van der Waals surface area contributed by atoms with Gasteiger partial charge in [0.05, 0.1) is 11.4 Å². The Bertz CT molecular complexity index is 1100. The van der Waals surface area contributed by atoms with Crippen molar-refractivity contribution in [3.8, 4) is 11.5 Å². The Balaban J connectivity index is 1.52. The quantitative estimate of drug-likeness (QED) is 0.288. The summed E-state index contributed by atoms with van der Waals surface area (Å²) in [4.78, 5) is 29.6. The van der Waals surface area contributed by atoms with Crippen LogP contribution in [0, 0.1) is 0 Å². The van der Waals surface area contributed by atoms with E-state index in [-0.39, 0.29) is 13.2 Å². The summed E-state index contributed by atoms with van der Waals surface area (Å²) in [6.07, 6.45) is 0. The van der Waals surface area contributed by atoms with Crippen molar-refractivity contribution in [3.63, 3.8) is 0 Å². The predicted octanol–water partition coefficient (Wildman–Crippen LogP) is 6.19. The maximum atomic E-state index is 12.6. The Labute approximate surface area is 220 Å².